The highest BCUT2D eigenvalue weighted by Crippen LogP contribution is 2.26. The fraction of sp³-hybridized carbons (Fsp3) is 0.462. The average Bonchev–Trinajstić information content (AvgIpc) is 2.82. The molecule has 90 valence electrons. The monoisotopic (exact) mass is 232 g/mol. The zero-order valence-electron chi connectivity index (χ0n) is 9.67. The third-order valence-corrected chi connectivity index (χ3v) is 3.29. The first kappa shape index (κ1) is 10.7. The van der Waals surface area contributed by atoms with E-state index < -0.39 is 0 Å². The van der Waals surface area contributed by atoms with E-state index in [1.54, 1.807) is 0 Å². The number of aliphatic hydroxyl groups excluding tert-OH is 1. The van der Waals surface area contributed by atoms with E-state index in [1.807, 2.05) is 24.5 Å². The SMILES string of the molecule is OCc1ccc2c(c1)ncn2C1CCCCO1. The quantitative estimate of drug-likeness (QED) is 0.863. The number of rotatable bonds is 2. The Morgan fingerprint density at radius 2 is 2.35 bits per heavy atom. The molecule has 1 aliphatic heterocycles. The molecule has 0 spiro atoms. The van der Waals surface area contributed by atoms with Gasteiger partial charge in [0.1, 0.15) is 6.23 Å². The van der Waals surface area contributed by atoms with Gasteiger partial charge in [-0.05, 0) is 37.0 Å². The van der Waals surface area contributed by atoms with Gasteiger partial charge in [0.15, 0.2) is 0 Å². The van der Waals surface area contributed by atoms with Crippen LogP contribution in [0.5, 0.6) is 0 Å². The van der Waals surface area contributed by atoms with Crippen LogP contribution in [0.25, 0.3) is 11.0 Å². The summed E-state index contributed by atoms with van der Waals surface area (Å²) in [6.45, 7) is 0.891. The molecule has 1 saturated heterocycles. The van der Waals surface area contributed by atoms with Crippen LogP contribution >= 0.6 is 0 Å². The molecule has 2 aromatic rings. The number of hydrogen-bond donors (Lipinski definition) is 1. The van der Waals surface area contributed by atoms with Crippen molar-refractivity contribution in [2.75, 3.05) is 6.61 Å². The molecule has 4 heteroatoms. The lowest BCUT2D eigenvalue weighted by atomic mass is 10.1. The molecule has 17 heavy (non-hydrogen) atoms. The number of nitrogens with zero attached hydrogens (tertiary/aromatic N) is 2. The van der Waals surface area contributed by atoms with E-state index in [0.717, 1.165) is 36.0 Å². The topological polar surface area (TPSA) is 47.3 Å². The molecule has 0 amide bonds. The molecule has 0 aliphatic carbocycles. The number of hydrogen-bond acceptors (Lipinski definition) is 3. The summed E-state index contributed by atoms with van der Waals surface area (Å²) in [5.74, 6) is 0. The van der Waals surface area contributed by atoms with Gasteiger partial charge in [-0.25, -0.2) is 4.98 Å². The van der Waals surface area contributed by atoms with Crippen LogP contribution in [0, 0.1) is 0 Å². The number of ether oxygens (including phenoxy) is 1. The first-order valence-corrected chi connectivity index (χ1v) is 6.06. The van der Waals surface area contributed by atoms with Crippen molar-refractivity contribution < 1.29 is 9.84 Å². The van der Waals surface area contributed by atoms with Crippen LogP contribution < -0.4 is 0 Å². The second-order valence-corrected chi connectivity index (χ2v) is 4.45. The Morgan fingerprint density at radius 3 is 3.12 bits per heavy atom. The van der Waals surface area contributed by atoms with Gasteiger partial charge in [0, 0.05) is 6.61 Å². The molecule has 0 radical (unpaired) electrons. The third kappa shape index (κ3) is 1.94. The summed E-state index contributed by atoms with van der Waals surface area (Å²) in [7, 11) is 0. The first-order valence-electron chi connectivity index (χ1n) is 6.06. The number of fused-ring (bicyclic) bond motifs is 1. The van der Waals surface area contributed by atoms with E-state index in [4.69, 9.17) is 9.84 Å². The van der Waals surface area contributed by atoms with Crippen LogP contribution in [0.4, 0.5) is 0 Å². The van der Waals surface area contributed by atoms with Crippen molar-refractivity contribution in [1.29, 1.82) is 0 Å². The summed E-state index contributed by atoms with van der Waals surface area (Å²) in [6.07, 6.45) is 5.36. The fourth-order valence-corrected chi connectivity index (χ4v) is 2.35. The van der Waals surface area contributed by atoms with Crippen molar-refractivity contribution in [3.63, 3.8) is 0 Å². The maximum absolute atomic E-state index is 9.09. The number of imidazole rings is 1. The maximum Gasteiger partial charge on any atom is 0.135 e. The highest BCUT2D eigenvalue weighted by atomic mass is 16.5. The zero-order valence-corrected chi connectivity index (χ0v) is 9.67. The normalized spacial score (nSPS) is 20.9. The minimum atomic E-state index is 0.0583. The molecule has 1 fully saturated rings. The summed E-state index contributed by atoms with van der Waals surface area (Å²) in [5, 5.41) is 9.09. The largest absolute Gasteiger partial charge is 0.392 e. The molecule has 1 aliphatic rings. The molecule has 3 rings (SSSR count). The van der Waals surface area contributed by atoms with E-state index in [9.17, 15) is 0 Å². The predicted molar refractivity (Wildman–Crippen MR) is 64.5 cm³/mol. The molecule has 1 aromatic carbocycles. The van der Waals surface area contributed by atoms with Crippen LogP contribution in [0.1, 0.15) is 31.1 Å². The molecular formula is C13H16N2O2. The third-order valence-electron chi connectivity index (χ3n) is 3.29. The fourth-order valence-electron chi connectivity index (χ4n) is 2.35. The van der Waals surface area contributed by atoms with Crippen LogP contribution in [-0.2, 0) is 11.3 Å². The highest BCUT2D eigenvalue weighted by Gasteiger charge is 2.17. The van der Waals surface area contributed by atoms with Gasteiger partial charge in [0.05, 0.1) is 24.0 Å². The Kier molecular flexibility index (Phi) is 2.82. The second-order valence-electron chi connectivity index (χ2n) is 4.45. The summed E-state index contributed by atoms with van der Waals surface area (Å²) in [6, 6.07) is 5.86. The van der Waals surface area contributed by atoms with Crippen LogP contribution in [-0.4, -0.2) is 21.3 Å². The van der Waals surface area contributed by atoms with E-state index in [-0.39, 0.29) is 12.8 Å². The van der Waals surface area contributed by atoms with Gasteiger partial charge < -0.3 is 14.4 Å². The van der Waals surface area contributed by atoms with Crippen molar-refractivity contribution in [3.05, 3.63) is 30.1 Å². The van der Waals surface area contributed by atoms with Gasteiger partial charge in [-0.1, -0.05) is 6.07 Å². The molecule has 1 N–H and O–H groups in total. The highest BCUT2D eigenvalue weighted by molar-refractivity contribution is 5.76. The lowest BCUT2D eigenvalue weighted by Crippen LogP contribution is -2.17. The van der Waals surface area contributed by atoms with Gasteiger partial charge in [-0.15, -0.1) is 0 Å². The van der Waals surface area contributed by atoms with Gasteiger partial charge in [-0.2, -0.15) is 0 Å². The minimum absolute atomic E-state index is 0.0583. The Bertz CT molecular complexity index is 515. The maximum atomic E-state index is 9.09. The van der Waals surface area contributed by atoms with Crippen molar-refractivity contribution in [2.24, 2.45) is 0 Å². The van der Waals surface area contributed by atoms with Gasteiger partial charge in [0.25, 0.3) is 0 Å². The predicted octanol–water partition coefficient (Wildman–Crippen LogP) is 2.23. The Balaban J connectivity index is 1.99. The number of aromatic nitrogens is 2. The Hall–Kier alpha value is -1.39. The minimum Gasteiger partial charge on any atom is -0.392 e. The smallest absolute Gasteiger partial charge is 0.135 e. The average molecular weight is 232 g/mol. The van der Waals surface area contributed by atoms with E-state index in [0.29, 0.717) is 0 Å². The van der Waals surface area contributed by atoms with Crippen molar-refractivity contribution >= 4 is 11.0 Å². The van der Waals surface area contributed by atoms with E-state index in [2.05, 4.69) is 9.55 Å². The van der Waals surface area contributed by atoms with Gasteiger partial charge in [-0.3, -0.25) is 0 Å². The molecule has 1 aromatic heterocycles. The molecule has 4 nitrogen and oxygen atoms in total. The Labute approximate surface area is 99.8 Å². The zero-order chi connectivity index (χ0) is 11.7. The van der Waals surface area contributed by atoms with Crippen LogP contribution in [0.2, 0.25) is 0 Å². The summed E-state index contributed by atoms with van der Waals surface area (Å²) in [4.78, 5) is 4.37. The van der Waals surface area contributed by atoms with Gasteiger partial charge >= 0.3 is 0 Å². The molecule has 2 heterocycles. The molecule has 0 saturated carbocycles. The molecule has 1 unspecified atom stereocenters. The second kappa shape index (κ2) is 4.47. The van der Waals surface area contributed by atoms with Crippen LogP contribution in [0.3, 0.4) is 0 Å². The lowest BCUT2D eigenvalue weighted by molar-refractivity contribution is -0.0295. The molecular weight excluding hydrogens is 216 g/mol. The molecule has 1 atom stereocenters. The number of aliphatic hydroxyl groups is 1. The molecule has 0 bridgehead atoms. The van der Waals surface area contributed by atoms with Crippen molar-refractivity contribution in [3.8, 4) is 0 Å². The summed E-state index contributed by atoms with van der Waals surface area (Å²) < 4.78 is 7.85. The van der Waals surface area contributed by atoms with Gasteiger partial charge in [0.2, 0.25) is 0 Å². The lowest BCUT2D eigenvalue weighted by Gasteiger charge is -2.24. The summed E-state index contributed by atoms with van der Waals surface area (Å²) in [5.41, 5.74) is 2.90. The van der Waals surface area contributed by atoms with Crippen molar-refractivity contribution in [1.82, 2.24) is 9.55 Å². The number of benzene rings is 1. The van der Waals surface area contributed by atoms with Crippen molar-refractivity contribution in [2.45, 2.75) is 32.1 Å². The van der Waals surface area contributed by atoms with E-state index in [1.165, 1.54) is 6.42 Å². The standard InChI is InChI=1S/C13H16N2O2/c16-8-10-4-5-12-11(7-10)14-9-15(12)13-3-1-2-6-17-13/h4-5,7,9,13,16H,1-3,6,8H2. The Morgan fingerprint density at radius 1 is 1.41 bits per heavy atom. The summed E-state index contributed by atoms with van der Waals surface area (Å²) >= 11 is 0. The van der Waals surface area contributed by atoms with Crippen LogP contribution in [0.15, 0.2) is 24.5 Å². The first-order chi connectivity index (χ1) is 8.38. The van der Waals surface area contributed by atoms with E-state index >= 15 is 0 Å².